The second-order valence-corrected chi connectivity index (χ2v) is 5.50. The molecule has 2 heterocycles. The van der Waals surface area contributed by atoms with Crippen molar-refractivity contribution in [1.29, 1.82) is 0 Å². The standard InChI is InChI=1S/C15H20N2O5/c1-9-6-10(14(18)19)8-17(7-9)12-5-4-11(15(20)22-3)13(16-12)21-2/h4-5,9-10H,6-8H2,1-3H3,(H,18,19). The lowest BCUT2D eigenvalue weighted by Gasteiger charge is -2.35. The quantitative estimate of drug-likeness (QED) is 0.841. The van der Waals surface area contributed by atoms with Crippen LogP contribution in [-0.4, -0.2) is 49.3 Å². The molecule has 2 atom stereocenters. The average Bonchev–Trinajstić information content (AvgIpc) is 2.52. The topological polar surface area (TPSA) is 89.0 Å². The second-order valence-electron chi connectivity index (χ2n) is 5.50. The molecular weight excluding hydrogens is 288 g/mol. The van der Waals surface area contributed by atoms with Gasteiger partial charge < -0.3 is 19.5 Å². The number of anilines is 1. The summed E-state index contributed by atoms with van der Waals surface area (Å²) in [7, 11) is 2.72. The molecule has 0 saturated carbocycles. The highest BCUT2D eigenvalue weighted by Crippen LogP contribution is 2.28. The molecule has 120 valence electrons. The SMILES string of the molecule is COC(=O)c1ccc(N2CC(C)CC(C(=O)O)C2)nc1OC. The number of carbonyl (C=O) groups is 2. The molecule has 1 fully saturated rings. The van der Waals surface area contributed by atoms with Gasteiger partial charge in [-0.25, -0.2) is 4.79 Å². The van der Waals surface area contributed by atoms with E-state index in [1.807, 2.05) is 11.8 Å². The summed E-state index contributed by atoms with van der Waals surface area (Å²) in [6, 6.07) is 3.27. The van der Waals surface area contributed by atoms with Crippen LogP contribution in [0, 0.1) is 11.8 Å². The number of ether oxygens (including phenoxy) is 2. The number of hydrogen-bond acceptors (Lipinski definition) is 6. The third-order valence-corrected chi connectivity index (χ3v) is 3.78. The number of piperidine rings is 1. The fourth-order valence-corrected chi connectivity index (χ4v) is 2.75. The van der Waals surface area contributed by atoms with E-state index in [1.165, 1.54) is 14.2 Å². The molecule has 0 radical (unpaired) electrons. The Kier molecular flexibility index (Phi) is 4.85. The van der Waals surface area contributed by atoms with Gasteiger partial charge in [0.2, 0.25) is 5.88 Å². The summed E-state index contributed by atoms with van der Waals surface area (Å²) in [5, 5.41) is 9.24. The smallest absolute Gasteiger partial charge is 0.343 e. The highest BCUT2D eigenvalue weighted by Gasteiger charge is 2.30. The monoisotopic (exact) mass is 308 g/mol. The molecule has 1 N–H and O–H groups in total. The van der Waals surface area contributed by atoms with E-state index in [-0.39, 0.29) is 17.4 Å². The van der Waals surface area contributed by atoms with Gasteiger partial charge in [-0.3, -0.25) is 4.79 Å². The Labute approximate surface area is 128 Å². The van der Waals surface area contributed by atoms with Crippen molar-refractivity contribution in [3.8, 4) is 5.88 Å². The number of esters is 1. The summed E-state index contributed by atoms with van der Waals surface area (Å²) in [5.41, 5.74) is 0.244. The summed E-state index contributed by atoms with van der Waals surface area (Å²) in [4.78, 5) is 29.1. The van der Waals surface area contributed by atoms with Gasteiger partial charge in [0.15, 0.2) is 0 Å². The number of carboxylic acid groups (broad SMARTS) is 1. The lowest BCUT2D eigenvalue weighted by Crippen LogP contribution is -2.43. The van der Waals surface area contributed by atoms with Gasteiger partial charge in [0.05, 0.1) is 20.1 Å². The van der Waals surface area contributed by atoms with Crippen LogP contribution in [0.3, 0.4) is 0 Å². The van der Waals surface area contributed by atoms with E-state index in [0.29, 0.717) is 18.8 Å². The number of aromatic nitrogens is 1. The molecule has 0 aromatic carbocycles. The van der Waals surface area contributed by atoms with Crippen molar-refractivity contribution in [2.45, 2.75) is 13.3 Å². The highest BCUT2D eigenvalue weighted by molar-refractivity contribution is 5.92. The molecule has 1 aromatic rings. The first-order valence-corrected chi connectivity index (χ1v) is 7.07. The number of carbonyl (C=O) groups excluding carboxylic acids is 1. The summed E-state index contributed by atoms with van der Waals surface area (Å²) < 4.78 is 9.83. The second kappa shape index (κ2) is 6.64. The van der Waals surface area contributed by atoms with Crippen molar-refractivity contribution < 1.29 is 24.2 Å². The van der Waals surface area contributed by atoms with Gasteiger partial charge in [0.25, 0.3) is 0 Å². The normalized spacial score (nSPS) is 21.3. The number of rotatable bonds is 4. The lowest BCUT2D eigenvalue weighted by atomic mass is 9.90. The first-order chi connectivity index (χ1) is 10.5. The molecule has 0 amide bonds. The number of carboxylic acids is 1. The van der Waals surface area contributed by atoms with Crippen LogP contribution in [0.5, 0.6) is 5.88 Å². The largest absolute Gasteiger partial charge is 0.481 e. The summed E-state index contributed by atoms with van der Waals surface area (Å²) >= 11 is 0. The first-order valence-electron chi connectivity index (χ1n) is 7.07. The number of pyridine rings is 1. The molecule has 1 saturated heterocycles. The van der Waals surface area contributed by atoms with Crippen LogP contribution in [-0.2, 0) is 9.53 Å². The fraction of sp³-hybridized carbons (Fsp3) is 0.533. The number of aliphatic carboxylic acids is 1. The van der Waals surface area contributed by atoms with E-state index in [1.54, 1.807) is 12.1 Å². The van der Waals surface area contributed by atoms with Crippen LogP contribution in [0.4, 0.5) is 5.82 Å². The molecule has 2 unspecified atom stereocenters. The number of methoxy groups -OCH3 is 2. The van der Waals surface area contributed by atoms with Gasteiger partial charge in [-0.05, 0) is 24.5 Å². The zero-order chi connectivity index (χ0) is 16.3. The molecule has 0 aliphatic carbocycles. The van der Waals surface area contributed by atoms with Crippen LogP contribution in [0.1, 0.15) is 23.7 Å². The Bertz CT molecular complexity index is 575. The van der Waals surface area contributed by atoms with Crippen molar-refractivity contribution >= 4 is 17.8 Å². The van der Waals surface area contributed by atoms with Crippen molar-refractivity contribution in [3.05, 3.63) is 17.7 Å². The summed E-state index contributed by atoms with van der Waals surface area (Å²) in [5.74, 6) is -0.711. The van der Waals surface area contributed by atoms with Crippen LogP contribution in [0.15, 0.2) is 12.1 Å². The molecule has 1 aromatic heterocycles. The van der Waals surface area contributed by atoms with Crippen molar-refractivity contribution in [2.24, 2.45) is 11.8 Å². The van der Waals surface area contributed by atoms with Crippen molar-refractivity contribution in [3.63, 3.8) is 0 Å². The summed E-state index contributed by atoms with van der Waals surface area (Å²) in [6.45, 7) is 3.13. The lowest BCUT2D eigenvalue weighted by molar-refractivity contribution is -0.142. The molecule has 0 bridgehead atoms. The third kappa shape index (κ3) is 3.29. The van der Waals surface area contributed by atoms with Crippen LogP contribution in [0.2, 0.25) is 0 Å². The number of nitrogens with zero attached hydrogens (tertiary/aromatic N) is 2. The van der Waals surface area contributed by atoms with E-state index < -0.39 is 17.9 Å². The molecule has 22 heavy (non-hydrogen) atoms. The van der Waals surface area contributed by atoms with Crippen LogP contribution < -0.4 is 9.64 Å². The molecule has 1 aliphatic heterocycles. The van der Waals surface area contributed by atoms with Crippen LogP contribution in [0.25, 0.3) is 0 Å². The maximum absolute atomic E-state index is 11.6. The minimum Gasteiger partial charge on any atom is -0.481 e. The van der Waals surface area contributed by atoms with Crippen LogP contribution >= 0.6 is 0 Å². The fourth-order valence-electron chi connectivity index (χ4n) is 2.75. The predicted molar refractivity (Wildman–Crippen MR) is 79.2 cm³/mol. The Morgan fingerprint density at radius 3 is 2.64 bits per heavy atom. The molecule has 7 heteroatoms. The average molecular weight is 308 g/mol. The van der Waals surface area contributed by atoms with Gasteiger partial charge in [-0.2, -0.15) is 4.98 Å². The Morgan fingerprint density at radius 1 is 1.32 bits per heavy atom. The van der Waals surface area contributed by atoms with E-state index in [0.717, 1.165) is 6.54 Å². The van der Waals surface area contributed by atoms with Crippen molar-refractivity contribution in [2.75, 3.05) is 32.2 Å². The van der Waals surface area contributed by atoms with Gasteiger partial charge in [0, 0.05) is 13.1 Å². The Morgan fingerprint density at radius 2 is 2.05 bits per heavy atom. The zero-order valence-corrected chi connectivity index (χ0v) is 12.9. The van der Waals surface area contributed by atoms with E-state index in [9.17, 15) is 14.7 Å². The molecular formula is C15H20N2O5. The van der Waals surface area contributed by atoms with Gasteiger partial charge >= 0.3 is 11.9 Å². The van der Waals surface area contributed by atoms with Gasteiger partial charge in [-0.1, -0.05) is 6.92 Å². The maximum atomic E-state index is 11.6. The Hall–Kier alpha value is -2.31. The summed E-state index contributed by atoms with van der Waals surface area (Å²) in [6.07, 6.45) is 0.656. The zero-order valence-electron chi connectivity index (χ0n) is 12.9. The highest BCUT2D eigenvalue weighted by atomic mass is 16.5. The maximum Gasteiger partial charge on any atom is 0.343 e. The minimum atomic E-state index is -0.797. The Balaban J connectivity index is 2.28. The number of hydrogen-bond donors (Lipinski definition) is 1. The van der Waals surface area contributed by atoms with Crippen molar-refractivity contribution in [1.82, 2.24) is 4.98 Å². The van der Waals surface area contributed by atoms with Gasteiger partial charge in [0.1, 0.15) is 11.4 Å². The van der Waals surface area contributed by atoms with Gasteiger partial charge in [-0.15, -0.1) is 0 Å². The minimum absolute atomic E-state index is 0.175. The molecule has 1 aliphatic rings. The predicted octanol–water partition coefficient (Wildman–Crippen LogP) is 1.42. The molecule has 0 spiro atoms. The van der Waals surface area contributed by atoms with E-state index in [4.69, 9.17) is 4.74 Å². The molecule has 2 rings (SSSR count). The third-order valence-electron chi connectivity index (χ3n) is 3.78. The van der Waals surface area contributed by atoms with E-state index in [2.05, 4.69) is 9.72 Å². The molecule has 7 nitrogen and oxygen atoms in total. The van der Waals surface area contributed by atoms with E-state index >= 15 is 0 Å². The first kappa shape index (κ1) is 16.1.